The number of carbonyl (C=O) groups excluding carboxylic acids is 1. The molecule has 47 heavy (non-hydrogen) atoms. The molecule has 3 heterocycles. The summed E-state index contributed by atoms with van der Waals surface area (Å²) in [7, 11) is 7.13. The number of hydrogen-bond acceptors (Lipinski definition) is 9. The van der Waals surface area contributed by atoms with Crippen molar-refractivity contribution in [3.63, 3.8) is 0 Å². The minimum Gasteiger partial charge on any atom is -0.493 e. The van der Waals surface area contributed by atoms with E-state index in [0.717, 1.165) is 47.2 Å². The van der Waals surface area contributed by atoms with Crippen molar-refractivity contribution in [2.75, 3.05) is 48.2 Å². The second-order valence-electron chi connectivity index (χ2n) is 12.1. The van der Waals surface area contributed by atoms with Crippen molar-refractivity contribution in [1.82, 2.24) is 9.80 Å². The highest BCUT2D eigenvalue weighted by molar-refractivity contribution is 5.97. The standard InChI is InChI=1S/C37H38N2O8/c1-38-13-12-25-18-33-35(45-21-44-33)36(47-32-19-27-24(17-30(32)43-4)11-14-39(2)37(27)41)34(25)28(38)15-22-5-8-26(9-6-22)46-31-16-23(20-40)7-10-29(31)42-3/h5-10,16-19,28,40H,11-15,20-21H2,1-4H3/t28-/m0/s1. The van der Waals surface area contributed by atoms with Gasteiger partial charge in [-0.2, -0.15) is 0 Å². The van der Waals surface area contributed by atoms with E-state index in [-0.39, 0.29) is 25.3 Å². The highest BCUT2D eigenvalue weighted by atomic mass is 16.7. The molecule has 1 N–H and O–H groups in total. The predicted octanol–water partition coefficient (Wildman–Crippen LogP) is 5.91. The Morgan fingerprint density at radius 2 is 1.55 bits per heavy atom. The Morgan fingerprint density at radius 1 is 0.809 bits per heavy atom. The molecule has 0 fully saturated rings. The van der Waals surface area contributed by atoms with Crippen LogP contribution in [-0.2, 0) is 25.9 Å². The monoisotopic (exact) mass is 638 g/mol. The molecule has 0 aliphatic carbocycles. The van der Waals surface area contributed by atoms with Gasteiger partial charge in [0.05, 0.1) is 20.8 Å². The van der Waals surface area contributed by atoms with Crippen molar-refractivity contribution < 1.29 is 38.3 Å². The molecule has 0 saturated heterocycles. The maximum Gasteiger partial charge on any atom is 0.254 e. The van der Waals surface area contributed by atoms with Crippen LogP contribution in [0.5, 0.6) is 46.0 Å². The number of nitrogens with zero attached hydrogens (tertiary/aromatic N) is 2. The first kappa shape index (κ1) is 30.7. The van der Waals surface area contributed by atoms with E-state index in [1.165, 1.54) is 0 Å². The third-order valence-corrected chi connectivity index (χ3v) is 9.23. The summed E-state index contributed by atoms with van der Waals surface area (Å²) in [5, 5.41) is 9.58. The fourth-order valence-corrected chi connectivity index (χ4v) is 6.58. The van der Waals surface area contributed by atoms with Crippen molar-refractivity contribution >= 4 is 5.91 Å². The van der Waals surface area contributed by atoms with Crippen LogP contribution in [0, 0.1) is 0 Å². The van der Waals surface area contributed by atoms with Gasteiger partial charge in [0.25, 0.3) is 5.91 Å². The Balaban J connectivity index is 1.22. The van der Waals surface area contributed by atoms with Gasteiger partial charge in [0, 0.05) is 37.3 Å². The minimum atomic E-state index is -0.0868. The molecule has 4 aromatic carbocycles. The molecule has 3 aliphatic rings. The molecular formula is C37H38N2O8. The van der Waals surface area contributed by atoms with E-state index in [1.807, 2.05) is 25.2 Å². The van der Waals surface area contributed by atoms with Gasteiger partial charge in [-0.3, -0.25) is 9.69 Å². The molecule has 3 aliphatic heterocycles. The summed E-state index contributed by atoms with van der Waals surface area (Å²) in [4.78, 5) is 17.1. The second kappa shape index (κ2) is 12.7. The number of amides is 1. The van der Waals surface area contributed by atoms with E-state index in [0.29, 0.717) is 64.5 Å². The van der Waals surface area contributed by atoms with Gasteiger partial charge in [-0.05, 0) is 91.0 Å². The molecule has 244 valence electrons. The maximum absolute atomic E-state index is 13.1. The third-order valence-electron chi connectivity index (χ3n) is 9.23. The minimum absolute atomic E-state index is 0.0345. The molecule has 0 radical (unpaired) electrons. The molecular weight excluding hydrogens is 600 g/mol. The van der Waals surface area contributed by atoms with Gasteiger partial charge in [0.1, 0.15) is 5.75 Å². The van der Waals surface area contributed by atoms with E-state index in [1.54, 1.807) is 43.4 Å². The van der Waals surface area contributed by atoms with E-state index >= 15 is 0 Å². The topological polar surface area (TPSA) is 99.2 Å². The van der Waals surface area contributed by atoms with Crippen LogP contribution in [0.25, 0.3) is 0 Å². The van der Waals surface area contributed by atoms with Crippen LogP contribution in [0.3, 0.4) is 0 Å². The number of aliphatic hydroxyl groups is 1. The Kier molecular flexibility index (Phi) is 8.30. The highest BCUT2D eigenvalue weighted by Gasteiger charge is 2.35. The zero-order valence-corrected chi connectivity index (χ0v) is 27.0. The van der Waals surface area contributed by atoms with Gasteiger partial charge in [-0.15, -0.1) is 0 Å². The van der Waals surface area contributed by atoms with Crippen molar-refractivity contribution in [1.29, 1.82) is 0 Å². The quantitative estimate of drug-likeness (QED) is 0.240. The number of ether oxygens (including phenoxy) is 6. The van der Waals surface area contributed by atoms with Crippen molar-refractivity contribution in [3.05, 3.63) is 94.0 Å². The van der Waals surface area contributed by atoms with Crippen LogP contribution in [0.15, 0.2) is 60.7 Å². The number of aliphatic hydroxyl groups excluding tert-OH is 1. The fourth-order valence-electron chi connectivity index (χ4n) is 6.58. The SMILES string of the molecule is COc1ccc(CO)cc1Oc1ccc(C[C@H]2c3c(cc4c(c3Oc3cc5c(cc3OC)CCN(C)C5=O)OCO4)CCN2C)cc1. The second-order valence-corrected chi connectivity index (χ2v) is 12.1. The lowest BCUT2D eigenvalue weighted by Gasteiger charge is -2.36. The third kappa shape index (κ3) is 5.79. The first-order valence-corrected chi connectivity index (χ1v) is 15.7. The molecule has 4 aromatic rings. The van der Waals surface area contributed by atoms with Crippen LogP contribution >= 0.6 is 0 Å². The normalized spacial score (nSPS) is 16.8. The van der Waals surface area contributed by atoms with Crippen LogP contribution in [-0.4, -0.2) is 69.0 Å². The highest BCUT2D eigenvalue weighted by Crippen LogP contribution is 2.52. The first-order chi connectivity index (χ1) is 22.9. The number of hydrogen-bond donors (Lipinski definition) is 1. The van der Waals surface area contributed by atoms with Gasteiger partial charge in [0.2, 0.25) is 12.5 Å². The van der Waals surface area contributed by atoms with E-state index in [9.17, 15) is 9.90 Å². The Hall–Kier alpha value is -4.93. The zero-order valence-electron chi connectivity index (χ0n) is 27.0. The van der Waals surface area contributed by atoms with Crippen molar-refractivity contribution in [2.45, 2.75) is 31.9 Å². The van der Waals surface area contributed by atoms with E-state index in [2.05, 4.69) is 30.1 Å². The molecule has 1 amide bonds. The summed E-state index contributed by atoms with van der Waals surface area (Å²) in [5.41, 5.74) is 5.57. The van der Waals surface area contributed by atoms with Gasteiger partial charge in [-0.1, -0.05) is 18.2 Å². The predicted molar refractivity (Wildman–Crippen MR) is 175 cm³/mol. The van der Waals surface area contributed by atoms with Crippen molar-refractivity contribution in [3.8, 4) is 46.0 Å². The Labute approximate surface area is 273 Å². The summed E-state index contributed by atoms with van der Waals surface area (Å²) in [6.45, 7) is 1.54. The fraction of sp³-hybridized carbons (Fsp3) is 0.324. The van der Waals surface area contributed by atoms with E-state index < -0.39 is 0 Å². The molecule has 0 unspecified atom stereocenters. The first-order valence-electron chi connectivity index (χ1n) is 15.7. The van der Waals surface area contributed by atoms with Gasteiger partial charge < -0.3 is 38.4 Å². The average Bonchev–Trinajstić information content (AvgIpc) is 3.57. The lowest BCUT2D eigenvalue weighted by Crippen LogP contribution is -2.34. The number of carbonyl (C=O) groups is 1. The average molecular weight is 639 g/mol. The smallest absolute Gasteiger partial charge is 0.254 e. The zero-order chi connectivity index (χ0) is 32.7. The van der Waals surface area contributed by atoms with Gasteiger partial charge in [0.15, 0.2) is 34.5 Å². The van der Waals surface area contributed by atoms with Crippen LogP contribution < -0.4 is 28.4 Å². The molecule has 0 aromatic heterocycles. The molecule has 7 rings (SSSR count). The number of rotatable bonds is 9. The van der Waals surface area contributed by atoms with Gasteiger partial charge >= 0.3 is 0 Å². The number of methoxy groups -OCH3 is 2. The summed E-state index contributed by atoms with van der Waals surface area (Å²) >= 11 is 0. The molecule has 0 saturated carbocycles. The largest absolute Gasteiger partial charge is 0.493 e. The Morgan fingerprint density at radius 3 is 2.32 bits per heavy atom. The molecule has 0 spiro atoms. The van der Waals surface area contributed by atoms with Crippen molar-refractivity contribution in [2.24, 2.45) is 0 Å². The molecule has 0 bridgehead atoms. The molecule has 1 atom stereocenters. The van der Waals surface area contributed by atoms with E-state index in [4.69, 9.17) is 28.4 Å². The lowest BCUT2D eigenvalue weighted by atomic mass is 9.87. The summed E-state index contributed by atoms with van der Waals surface area (Å²) in [5.74, 6) is 4.54. The number of likely N-dealkylation sites (N-methyl/N-ethyl adjacent to an activating group) is 2. The maximum atomic E-state index is 13.1. The lowest BCUT2D eigenvalue weighted by molar-refractivity contribution is 0.0780. The van der Waals surface area contributed by atoms with Crippen LogP contribution in [0.2, 0.25) is 0 Å². The van der Waals surface area contributed by atoms with Crippen LogP contribution in [0.1, 0.15) is 44.2 Å². The Bertz CT molecular complexity index is 1820. The number of benzene rings is 4. The summed E-state index contributed by atoms with van der Waals surface area (Å²) in [6.07, 6.45) is 2.27. The van der Waals surface area contributed by atoms with Crippen LogP contribution in [0.4, 0.5) is 0 Å². The number of fused-ring (bicyclic) bond motifs is 3. The summed E-state index contributed by atoms with van der Waals surface area (Å²) in [6, 6.07) is 19.1. The molecule has 10 heteroatoms. The van der Waals surface area contributed by atoms with Gasteiger partial charge in [-0.25, -0.2) is 0 Å². The molecule has 10 nitrogen and oxygen atoms in total. The summed E-state index contributed by atoms with van der Waals surface area (Å²) < 4.78 is 36.0.